The van der Waals surface area contributed by atoms with Crippen LogP contribution in [0.5, 0.6) is 0 Å². The number of pyridine rings is 1. The molecule has 4 rings (SSSR count). The van der Waals surface area contributed by atoms with E-state index in [1.165, 1.54) is 24.4 Å². The molecule has 1 N–H and O–H groups in total. The van der Waals surface area contributed by atoms with Crippen LogP contribution in [0.2, 0.25) is 5.02 Å². The van der Waals surface area contributed by atoms with Gasteiger partial charge in [0.1, 0.15) is 18.2 Å². The lowest BCUT2D eigenvalue weighted by molar-refractivity contribution is -0.122. The van der Waals surface area contributed by atoms with E-state index in [0.29, 0.717) is 11.3 Å². The number of nitrogens with one attached hydrogen (secondary N) is 1. The third kappa shape index (κ3) is 3.79. The molecule has 0 saturated heterocycles. The largest absolute Gasteiger partial charge is 0.324 e. The molecule has 1 aliphatic rings. The predicted octanol–water partition coefficient (Wildman–Crippen LogP) is 4.64. The lowest BCUT2D eigenvalue weighted by Crippen LogP contribution is -2.40. The van der Waals surface area contributed by atoms with Gasteiger partial charge < -0.3 is 10.2 Å². The molecule has 2 heterocycles. The van der Waals surface area contributed by atoms with Crippen molar-refractivity contribution in [3.8, 4) is 17.2 Å². The van der Waals surface area contributed by atoms with Crippen LogP contribution < -0.4 is 10.2 Å². The van der Waals surface area contributed by atoms with Gasteiger partial charge in [0, 0.05) is 23.0 Å². The van der Waals surface area contributed by atoms with Crippen LogP contribution in [0.15, 0.2) is 48.7 Å². The molecule has 0 bridgehead atoms. The highest BCUT2D eigenvalue weighted by Gasteiger charge is 2.35. The van der Waals surface area contributed by atoms with Gasteiger partial charge in [-0.2, -0.15) is 5.26 Å². The van der Waals surface area contributed by atoms with Gasteiger partial charge in [-0.3, -0.25) is 14.6 Å². The lowest BCUT2D eigenvalue weighted by atomic mass is 9.96. The summed E-state index contributed by atoms with van der Waals surface area (Å²) < 4.78 is 28.8. The summed E-state index contributed by atoms with van der Waals surface area (Å²) in [6, 6.07) is 11.3. The molecule has 0 radical (unpaired) electrons. The van der Waals surface area contributed by atoms with Gasteiger partial charge in [0.15, 0.2) is 0 Å². The summed E-state index contributed by atoms with van der Waals surface area (Å²) in [7, 11) is 0. The number of rotatable bonds is 3. The van der Waals surface area contributed by atoms with Crippen molar-refractivity contribution in [3.05, 3.63) is 76.6 Å². The molecule has 1 atom stereocenters. The number of halogens is 3. The van der Waals surface area contributed by atoms with E-state index in [4.69, 9.17) is 11.6 Å². The Morgan fingerprint density at radius 2 is 2.03 bits per heavy atom. The topological polar surface area (TPSA) is 86.1 Å². The Bertz CT molecular complexity index is 1310. The van der Waals surface area contributed by atoms with Crippen LogP contribution in [0.4, 0.5) is 20.2 Å². The highest BCUT2D eigenvalue weighted by molar-refractivity contribution is 6.30. The molecule has 0 saturated carbocycles. The summed E-state index contributed by atoms with van der Waals surface area (Å²) >= 11 is 5.66. The fourth-order valence-electron chi connectivity index (χ4n) is 3.66. The molecule has 160 valence electrons. The van der Waals surface area contributed by atoms with Crippen molar-refractivity contribution in [1.29, 1.82) is 5.26 Å². The first kappa shape index (κ1) is 21.4. The van der Waals surface area contributed by atoms with E-state index in [1.54, 1.807) is 19.1 Å². The van der Waals surface area contributed by atoms with E-state index in [-0.39, 0.29) is 27.5 Å². The summed E-state index contributed by atoms with van der Waals surface area (Å²) in [5.41, 5.74) is 1.09. The van der Waals surface area contributed by atoms with Crippen molar-refractivity contribution >= 4 is 34.8 Å². The molecule has 32 heavy (non-hydrogen) atoms. The molecule has 0 unspecified atom stereocenters. The van der Waals surface area contributed by atoms with E-state index in [2.05, 4.69) is 10.3 Å². The van der Waals surface area contributed by atoms with E-state index in [9.17, 15) is 19.2 Å². The maximum Gasteiger partial charge on any atom is 0.244 e. The molecular weight excluding hydrogens is 438 g/mol. The fraction of sp³-hybridized carbons (Fsp3) is 0.130. The monoisotopic (exact) mass is 452 g/mol. The maximum absolute atomic E-state index is 15.1. The van der Waals surface area contributed by atoms with Gasteiger partial charge in [-0.05, 0) is 43.3 Å². The zero-order valence-corrected chi connectivity index (χ0v) is 17.5. The third-order valence-corrected chi connectivity index (χ3v) is 5.46. The fourth-order valence-corrected chi connectivity index (χ4v) is 3.78. The van der Waals surface area contributed by atoms with Gasteiger partial charge in [-0.25, -0.2) is 8.78 Å². The number of aromatic nitrogens is 1. The van der Waals surface area contributed by atoms with Crippen molar-refractivity contribution in [3.63, 3.8) is 0 Å². The minimum Gasteiger partial charge on any atom is -0.324 e. The number of nitrogens with zero attached hydrogens (tertiary/aromatic N) is 3. The Morgan fingerprint density at radius 3 is 2.75 bits per heavy atom. The highest BCUT2D eigenvalue weighted by atomic mass is 35.5. The van der Waals surface area contributed by atoms with Crippen LogP contribution >= 0.6 is 11.6 Å². The first-order valence-corrected chi connectivity index (χ1v) is 9.93. The minimum atomic E-state index is -0.774. The third-order valence-electron chi connectivity index (χ3n) is 5.15. The normalized spacial score (nSPS) is 14.8. The second-order valence-corrected chi connectivity index (χ2v) is 7.63. The van der Waals surface area contributed by atoms with E-state index < -0.39 is 35.9 Å². The average Bonchev–Trinajstić information content (AvgIpc) is 2.86. The van der Waals surface area contributed by atoms with Gasteiger partial charge in [-0.15, -0.1) is 0 Å². The van der Waals surface area contributed by atoms with Crippen molar-refractivity contribution in [2.24, 2.45) is 0 Å². The number of benzene rings is 2. The molecule has 1 aliphatic heterocycles. The van der Waals surface area contributed by atoms with Crippen LogP contribution in [0.25, 0.3) is 11.1 Å². The number of carbonyl (C=O) groups excluding carboxylic acids is 2. The Hall–Kier alpha value is -3.83. The molecule has 0 aliphatic carbocycles. The number of fused-ring (bicyclic) bond motifs is 3. The summed E-state index contributed by atoms with van der Waals surface area (Å²) in [6.07, 6.45) is 1.50. The van der Waals surface area contributed by atoms with Crippen molar-refractivity contribution < 1.29 is 18.4 Å². The van der Waals surface area contributed by atoms with Crippen LogP contribution in [-0.4, -0.2) is 23.3 Å². The van der Waals surface area contributed by atoms with Crippen LogP contribution in [0, 0.1) is 23.0 Å². The molecular formula is C23H15ClF2N4O2. The molecule has 2 aromatic carbocycles. The minimum absolute atomic E-state index is 0.000719. The molecule has 2 amide bonds. The van der Waals surface area contributed by atoms with Crippen LogP contribution in [0.1, 0.15) is 24.1 Å². The van der Waals surface area contributed by atoms with E-state index >= 15 is 4.39 Å². The van der Waals surface area contributed by atoms with E-state index in [0.717, 1.165) is 17.0 Å². The summed E-state index contributed by atoms with van der Waals surface area (Å²) in [5, 5.41) is 11.7. The summed E-state index contributed by atoms with van der Waals surface area (Å²) in [4.78, 5) is 31.4. The number of amides is 2. The second-order valence-electron chi connectivity index (χ2n) is 7.22. The van der Waals surface area contributed by atoms with Gasteiger partial charge in [-0.1, -0.05) is 17.7 Å². The Balaban J connectivity index is 1.78. The standard InChI is InChI=1S/C23H15ClF2N4O2/c1-12-22-15(3-2-6-28-22)21-18(26)7-13(10-27)8-19(21)30(23(12)32)11-20(31)29-14-4-5-16(24)17(25)9-14/h2-9,12H,11H2,1H3,(H,29,31)/t12-/m0/s1. The quantitative estimate of drug-likeness (QED) is 0.627. The number of carbonyl (C=O) groups is 2. The zero-order valence-electron chi connectivity index (χ0n) is 16.7. The average molecular weight is 453 g/mol. The van der Waals surface area contributed by atoms with Crippen molar-refractivity contribution in [2.45, 2.75) is 12.8 Å². The first-order valence-electron chi connectivity index (χ1n) is 9.55. The molecule has 0 spiro atoms. The van der Waals surface area contributed by atoms with Gasteiger partial charge in [0.2, 0.25) is 11.8 Å². The molecule has 6 nitrogen and oxygen atoms in total. The van der Waals surface area contributed by atoms with Crippen LogP contribution in [0.3, 0.4) is 0 Å². The van der Waals surface area contributed by atoms with Gasteiger partial charge >= 0.3 is 0 Å². The SMILES string of the molecule is C[C@@H]1C(=O)N(CC(=O)Nc2ccc(Cl)c(F)c2)c2cc(C#N)cc(F)c2-c2cccnc21. The van der Waals surface area contributed by atoms with Crippen LogP contribution in [-0.2, 0) is 9.59 Å². The lowest BCUT2D eigenvalue weighted by Gasteiger charge is -2.24. The number of nitriles is 1. The molecule has 3 aromatic rings. The predicted molar refractivity (Wildman–Crippen MR) is 115 cm³/mol. The van der Waals surface area contributed by atoms with Crippen molar-refractivity contribution in [2.75, 3.05) is 16.8 Å². The molecule has 1 aromatic heterocycles. The number of anilines is 2. The summed E-state index contributed by atoms with van der Waals surface area (Å²) in [5.74, 6) is -3.32. The Labute approximate surface area is 187 Å². The van der Waals surface area contributed by atoms with E-state index in [1.807, 2.05) is 6.07 Å². The number of hydrogen-bond donors (Lipinski definition) is 1. The smallest absolute Gasteiger partial charge is 0.244 e. The number of hydrogen-bond acceptors (Lipinski definition) is 4. The Kier molecular flexibility index (Phi) is 5.59. The Morgan fingerprint density at radius 1 is 1.25 bits per heavy atom. The molecule has 9 heteroatoms. The summed E-state index contributed by atoms with van der Waals surface area (Å²) in [6.45, 7) is 1.13. The highest BCUT2D eigenvalue weighted by Crippen LogP contribution is 2.42. The van der Waals surface area contributed by atoms with Crippen molar-refractivity contribution in [1.82, 2.24) is 4.98 Å². The maximum atomic E-state index is 15.1. The van der Waals surface area contributed by atoms with Gasteiger partial charge in [0.05, 0.1) is 34.0 Å². The first-order chi connectivity index (χ1) is 15.3. The second kappa shape index (κ2) is 8.36. The van der Waals surface area contributed by atoms with Gasteiger partial charge in [0.25, 0.3) is 0 Å². The molecule has 0 fully saturated rings. The zero-order chi connectivity index (χ0) is 23.0.